The van der Waals surface area contributed by atoms with Crippen molar-refractivity contribution in [1.29, 1.82) is 5.26 Å². The number of hydrogen-bond acceptors (Lipinski definition) is 4. The molecule has 0 aliphatic heterocycles. The van der Waals surface area contributed by atoms with Gasteiger partial charge in [0.05, 0.1) is 12.0 Å². The van der Waals surface area contributed by atoms with Gasteiger partial charge in [-0.05, 0) is 63.8 Å². The molecule has 124 valence electrons. The number of amides is 1. The van der Waals surface area contributed by atoms with E-state index in [0.29, 0.717) is 6.54 Å². The van der Waals surface area contributed by atoms with E-state index in [2.05, 4.69) is 16.7 Å². The Kier molecular flexibility index (Phi) is 5.27. The number of fused-ring (bicyclic) bond motifs is 1. The molecule has 1 aliphatic carbocycles. The number of ether oxygens (including phenoxy) is 1. The van der Waals surface area contributed by atoms with Gasteiger partial charge in [-0.15, -0.1) is 0 Å². The van der Waals surface area contributed by atoms with E-state index in [1.54, 1.807) is 0 Å². The van der Waals surface area contributed by atoms with Crippen LogP contribution >= 0.6 is 0 Å². The summed E-state index contributed by atoms with van der Waals surface area (Å²) in [4.78, 5) is 11.8. The maximum Gasteiger partial charge on any atom is 0.412 e. The minimum Gasteiger partial charge on any atom is -0.444 e. The van der Waals surface area contributed by atoms with Crippen LogP contribution in [0.1, 0.15) is 51.3 Å². The highest BCUT2D eigenvalue weighted by Gasteiger charge is 2.23. The third-order valence-corrected chi connectivity index (χ3v) is 3.76. The fraction of sp³-hybridized carbons (Fsp3) is 0.556. The molecular formula is C18H25N3O2. The topological polar surface area (TPSA) is 74.2 Å². The maximum atomic E-state index is 11.8. The number of nitrogens with one attached hydrogen (secondary N) is 2. The van der Waals surface area contributed by atoms with Crippen molar-refractivity contribution in [3.8, 4) is 6.07 Å². The molecule has 1 amide bonds. The molecule has 0 spiro atoms. The van der Waals surface area contributed by atoms with Crippen LogP contribution in [0.4, 0.5) is 10.5 Å². The smallest absolute Gasteiger partial charge is 0.412 e. The largest absolute Gasteiger partial charge is 0.444 e. The van der Waals surface area contributed by atoms with Crippen LogP contribution in [0.15, 0.2) is 18.2 Å². The van der Waals surface area contributed by atoms with Crippen molar-refractivity contribution in [3.05, 3.63) is 29.3 Å². The number of benzene rings is 1. The van der Waals surface area contributed by atoms with Gasteiger partial charge < -0.3 is 10.1 Å². The molecule has 2 atom stereocenters. The molecule has 1 aromatic rings. The van der Waals surface area contributed by atoms with E-state index in [1.165, 1.54) is 11.1 Å². The van der Waals surface area contributed by atoms with Gasteiger partial charge >= 0.3 is 6.09 Å². The van der Waals surface area contributed by atoms with Crippen LogP contribution < -0.4 is 10.6 Å². The molecule has 0 saturated heterocycles. The van der Waals surface area contributed by atoms with Crippen molar-refractivity contribution >= 4 is 11.8 Å². The first-order valence-electron chi connectivity index (χ1n) is 8.04. The van der Waals surface area contributed by atoms with Crippen molar-refractivity contribution < 1.29 is 9.53 Å². The molecule has 23 heavy (non-hydrogen) atoms. The molecule has 0 bridgehead atoms. The quantitative estimate of drug-likeness (QED) is 0.887. The lowest BCUT2D eigenvalue weighted by Gasteiger charge is -2.20. The Labute approximate surface area is 138 Å². The van der Waals surface area contributed by atoms with Gasteiger partial charge in [0.1, 0.15) is 5.60 Å². The fourth-order valence-electron chi connectivity index (χ4n) is 2.69. The van der Waals surface area contributed by atoms with Crippen LogP contribution in [0, 0.1) is 17.2 Å². The van der Waals surface area contributed by atoms with Crippen molar-refractivity contribution in [1.82, 2.24) is 5.32 Å². The van der Waals surface area contributed by atoms with Crippen molar-refractivity contribution in [2.75, 3.05) is 11.9 Å². The van der Waals surface area contributed by atoms with Crippen molar-refractivity contribution in [2.45, 2.75) is 52.2 Å². The Morgan fingerprint density at radius 3 is 2.87 bits per heavy atom. The van der Waals surface area contributed by atoms with Crippen LogP contribution in [0.2, 0.25) is 0 Å². The molecule has 1 aliphatic rings. The first-order valence-corrected chi connectivity index (χ1v) is 8.04. The summed E-state index contributed by atoms with van der Waals surface area (Å²) in [6, 6.07) is 8.48. The molecule has 1 aromatic carbocycles. The van der Waals surface area contributed by atoms with Crippen molar-refractivity contribution in [2.24, 2.45) is 5.92 Å². The second kappa shape index (κ2) is 7.01. The number of carbonyl (C=O) groups excluding carboxylic acids is 1. The number of nitrogens with zero attached hydrogens (tertiary/aromatic N) is 1. The Balaban J connectivity index is 1.99. The van der Waals surface area contributed by atoms with Gasteiger partial charge in [-0.25, -0.2) is 4.79 Å². The lowest BCUT2D eigenvalue weighted by molar-refractivity contribution is 0.0636. The normalized spacial score (nSPS) is 18.0. The molecule has 0 fully saturated rings. The predicted octanol–water partition coefficient (Wildman–Crippen LogP) is 3.77. The van der Waals surface area contributed by atoms with Gasteiger partial charge in [0.25, 0.3) is 0 Å². The van der Waals surface area contributed by atoms with Gasteiger partial charge in [0.15, 0.2) is 0 Å². The minimum atomic E-state index is -0.507. The molecule has 2 N–H and O–H groups in total. The Morgan fingerprint density at radius 1 is 1.48 bits per heavy atom. The van der Waals surface area contributed by atoms with Crippen LogP contribution in [0.5, 0.6) is 0 Å². The Bertz CT molecular complexity index is 614. The third kappa shape index (κ3) is 4.97. The maximum absolute atomic E-state index is 11.8. The number of carbonyl (C=O) groups is 1. The summed E-state index contributed by atoms with van der Waals surface area (Å²) in [6.07, 6.45) is 1.55. The van der Waals surface area contributed by atoms with E-state index in [1.807, 2.05) is 45.9 Å². The Hall–Kier alpha value is -2.06. The standard InChI is InChI=1S/C18H25N3O2/c1-12(10-19)11-20-16-8-5-13-9-14(6-7-15(13)16)21-17(22)23-18(2,3)4/h6-7,9,12,16,20H,5,8,11H2,1-4H3,(H,21,22). The zero-order chi connectivity index (χ0) is 17.0. The second-order valence-electron chi connectivity index (χ2n) is 7.07. The van der Waals surface area contributed by atoms with Gasteiger partial charge in [-0.1, -0.05) is 6.07 Å². The van der Waals surface area contributed by atoms with Crippen LogP contribution in [-0.2, 0) is 11.2 Å². The lowest BCUT2D eigenvalue weighted by Crippen LogP contribution is -2.27. The van der Waals surface area contributed by atoms with Gasteiger partial charge in [-0.3, -0.25) is 5.32 Å². The van der Waals surface area contributed by atoms with E-state index in [-0.39, 0.29) is 12.0 Å². The first kappa shape index (κ1) is 17.3. The van der Waals surface area contributed by atoms with Crippen molar-refractivity contribution in [3.63, 3.8) is 0 Å². The number of rotatable bonds is 4. The number of nitriles is 1. The lowest BCUT2D eigenvalue weighted by atomic mass is 10.1. The Morgan fingerprint density at radius 2 is 2.22 bits per heavy atom. The molecule has 0 aromatic heterocycles. The summed E-state index contributed by atoms with van der Waals surface area (Å²) in [7, 11) is 0. The summed E-state index contributed by atoms with van der Waals surface area (Å²) in [5.74, 6) is 0.00663. The van der Waals surface area contributed by atoms with Gasteiger partial charge in [0, 0.05) is 18.3 Å². The number of aryl methyl sites for hydroxylation is 1. The third-order valence-electron chi connectivity index (χ3n) is 3.76. The summed E-state index contributed by atoms with van der Waals surface area (Å²) in [5, 5.41) is 15.1. The minimum absolute atomic E-state index is 0.00663. The van der Waals surface area contributed by atoms with Gasteiger partial charge in [0.2, 0.25) is 0 Å². The average Bonchev–Trinajstić information content (AvgIpc) is 2.85. The molecule has 5 heteroatoms. The van der Waals surface area contributed by atoms with E-state index < -0.39 is 11.7 Å². The van der Waals surface area contributed by atoms with E-state index in [9.17, 15) is 4.79 Å². The van der Waals surface area contributed by atoms with Crippen LogP contribution in [0.25, 0.3) is 0 Å². The van der Waals surface area contributed by atoms with E-state index in [4.69, 9.17) is 10.00 Å². The second-order valence-corrected chi connectivity index (χ2v) is 7.07. The van der Waals surface area contributed by atoms with Gasteiger partial charge in [-0.2, -0.15) is 5.26 Å². The SMILES string of the molecule is CC(C#N)CNC1CCc2cc(NC(=O)OC(C)(C)C)ccc21. The highest BCUT2D eigenvalue weighted by molar-refractivity contribution is 5.85. The molecule has 0 heterocycles. The monoisotopic (exact) mass is 315 g/mol. The summed E-state index contributed by atoms with van der Waals surface area (Å²) >= 11 is 0. The van der Waals surface area contributed by atoms with E-state index >= 15 is 0 Å². The molecule has 2 unspecified atom stereocenters. The number of hydrogen-bond donors (Lipinski definition) is 2. The van der Waals surface area contributed by atoms with E-state index in [0.717, 1.165) is 18.5 Å². The average molecular weight is 315 g/mol. The summed E-state index contributed by atoms with van der Waals surface area (Å²) in [5.41, 5.74) is 2.74. The predicted molar refractivity (Wildman–Crippen MR) is 90.1 cm³/mol. The van der Waals surface area contributed by atoms with Crippen LogP contribution in [0.3, 0.4) is 0 Å². The molecule has 0 radical (unpaired) electrons. The van der Waals surface area contributed by atoms with Crippen LogP contribution in [-0.4, -0.2) is 18.2 Å². The zero-order valence-electron chi connectivity index (χ0n) is 14.3. The highest BCUT2D eigenvalue weighted by Crippen LogP contribution is 2.33. The zero-order valence-corrected chi connectivity index (χ0v) is 14.3. The molecule has 0 saturated carbocycles. The highest BCUT2D eigenvalue weighted by atomic mass is 16.6. The summed E-state index contributed by atoms with van der Waals surface area (Å²) in [6.45, 7) is 8.13. The summed E-state index contributed by atoms with van der Waals surface area (Å²) < 4.78 is 5.27. The fourth-order valence-corrected chi connectivity index (χ4v) is 2.69. The number of anilines is 1. The molecule has 5 nitrogen and oxygen atoms in total. The molecular weight excluding hydrogens is 290 g/mol. The first-order chi connectivity index (χ1) is 10.8. The molecule has 2 rings (SSSR count).